The Kier molecular flexibility index (Phi) is 3.09. The third-order valence-corrected chi connectivity index (χ3v) is 4.32. The van der Waals surface area contributed by atoms with Gasteiger partial charge in [0.2, 0.25) is 5.09 Å². The fraction of sp³-hybridized carbons (Fsp3) is 0.154. The summed E-state index contributed by atoms with van der Waals surface area (Å²) in [7, 11) is -2.18. The number of sulfonamides is 1. The molecule has 0 unspecified atom stereocenters. The standard InChI is InChI=1S/C13H12N2O5S/c1-15-10-7-9(4-5-11(10)20-8-12(15)16)14-21(17,18)13-3-2-6-19-13/h2-7,14H,8H2,1H3. The van der Waals surface area contributed by atoms with E-state index in [4.69, 9.17) is 9.15 Å². The van der Waals surface area contributed by atoms with Crippen LogP contribution in [0.5, 0.6) is 5.75 Å². The van der Waals surface area contributed by atoms with Crippen LogP contribution in [0, 0.1) is 0 Å². The molecule has 110 valence electrons. The van der Waals surface area contributed by atoms with Gasteiger partial charge in [0, 0.05) is 7.05 Å². The summed E-state index contributed by atoms with van der Waals surface area (Å²) in [6.45, 7) is -0.0268. The largest absolute Gasteiger partial charge is 0.482 e. The fourth-order valence-corrected chi connectivity index (χ4v) is 2.94. The number of furan rings is 1. The predicted molar refractivity (Wildman–Crippen MR) is 74.9 cm³/mol. The Labute approximate surface area is 121 Å². The number of anilines is 2. The lowest BCUT2D eigenvalue weighted by atomic mass is 10.2. The zero-order valence-electron chi connectivity index (χ0n) is 11.1. The van der Waals surface area contributed by atoms with Crippen LogP contribution in [0.15, 0.2) is 46.1 Å². The molecule has 8 heteroatoms. The number of nitrogens with one attached hydrogen (secondary N) is 1. The summed E-state index contributed by atoms with van der Waals surface area (Å²) in [5.74, 6) is 0.326. The maximum atomic E-state index is 12.1. The number of rotatable bonds is 3. The first-order valence-electron chi connectivity index (χ1n) is 6.07. The van der Waals surface area contributed by atoms with Crippen LogP contribution in [0.1, 0.15) is 0 Å². The van der Waals surface area contributed by atoms with Crippen LogP contribution in [0.3, 0.4) is 0 Å². The zero-order valence-corrected chi connectivity index (χ0v) is 11.9. The summed E-state index contributed by atoms with van der Waals surface area (Å²) in [4.78, 5) is 13.0. The minimum absolute atomic E-state index is 0.0268. The number of benzene rings is 1. The van der Waals surface area contributed by atoms with Gasteiger partial charge in [0.05, 0.1) is 17.6 Å². The minimum atomic E-state index is -3.79. The zero-order chi connectivity index (χ0) is 15.0. The molecule has 0 radical (unpaired) electrons. The molecule has 1 aliphatic rings. The predicted octanol–water partition coefficient (Wildman–Crippen LogP) is 1.44. The number of ether oxygens (including phenoxy) is 1. The van der Waals surface area contributed by atoms with Gasteiger partial charge < -0.3 is 14.1 Å². The van der Waals surface area contributed by atoms with Gasteiger partial charge in [-0.2, -0.15) is 8.42 Å². The van der Waals surface area contributed by atoms with Crippen LogP contribution in [0.2, 0.25) is 0 Å². The Morgan fingerprint density at radius 1 is 1.29 bits per heavy atom. The molecule has 0 fully saturated rings. The molecule has 0 saturated heterocycles. The highest BCUT2D eigenvalue weighted by Crippen LogP contribution is 2.34. The van der Waals surface area contributed by atoms with Gasteiger partial charge in [0.15, 0.2) is 6.61 Å². The van der Waals surface area contributed by atoms with E-state index in [-0.39, 0.29) is 17.6 Å². The van der Waals surface area contributed by atoms with Crippen LogP contribution in [-0.2, 0) is 14.8 Å². The number of amides is 1. The van der Waals surface area contributed by atoms with E-state index in [1.54, 1.807) is 19.2 Å². The van der Waals surface area contributed by atoms with Crippen molar-refractivity contribution in [3.05, 3.63) is 36.6 Å². The van der Waals surface area contributed by atoms with E-state index in [1.165, 1.54) is 29.4 Å². The van der Waals surface area contributed by atoms with Crippen molar-refractivity contribution in [1.82, 2.24) is 0 Å². The van der Waals surface area contributed by atoms with E-state index in [0.29, 0.717) is 17.1 Å². The van der Waals surface area contributed by atoms with Gasteiger partial charge in [-0.1, -0.05) is 0 Å². The molecule has 2 heterocycles. The third-order valence-electron chi connectivity index (χ3n) is 3.06. The third kappa shape index (κ3) is 2.45. The van der Waals surface area contributed by atoms with Crippen molar-refractivity contribution in [2.24, 2.45) is 0 Å². The van der Waals surface area contributed by atoms with Gasteiger partial charge in [-0.25, -0.2) is 0 Å². The lowest BCUT2D eigenvalue weighted by molar-refractivity contribution is -0.120. The molecule has 0 saturated carbocycles. The molecule has 1 amide bonds. The highest BCUT2D eigenvalue weighted by atomic mass is 32.2. The van der Waals surface area contributed by atoms with Crippen molar-refractivity contribution in [2.45, 2.75) is 5.09 Å². The van der Waals surface area contributed by atoms with E-state index in [0.717, 1.165) is 0 Å². The second-order valence-electron chi connectivity index (χ2n) is 4.46. The molecule has 1 N–H and O–H groups in total. The molecule has 0 spiro atoms. The quantitative estimate of drug-likeness (QED) is 0.926. The van der Waals surface area contributed by atoms with E-state index >= 15 is 0 Å². The van der Waals surface area contributed by atoms with Crippen molar-refractivity contribution in [1.29, 1.82) is 0 Å². The molecule has 3 rings (SSSR count). The average molecular weight is 308 g/mol. The SMILES string of the molecule is CN1C(=O)COc2ccc(NS(=O)(=O)c3ccco3)cc21. The van der Waals surface area contributed by atoms with Crippen LogP contribution in [0.4, 0.5) is 11.4 Å². The van der Waals surface area contributed by atoms with Crippen molar-refractivity contribution in [3.63, 3.8) is 0 Å². The van der Waals surface area contributed by atoms with Gasteiger partial charge in [-0.3, -0.25) is 9.52 Å². The Bertz CT molecular complexity index is 783. The second-order valence-corrected chi connectivity index (χ2v) is 6.07. The van der Waals surface area contributed by atoms with Crippen molar-refractivity contribution >= 4 is 27.3 Å². The summed E-state index contributed by atoms with van der Waals surface area (Å²) in [5, 5.41) is -0.180. The lowest BCUT2D eigenvalue weighted by Crippen LogP contribution is -2.35. The first-order valence-corrected chi connectivity index (χ1v) is 7.55. The van der Waals surface area contributed by atoms with Crippen molar-refractivity contribution in [3.8, 4) is 5.75 Å². The van der Waals surface area contributed by atoms with Crippen LogP contribution < -0.4 is 14.4 Å². The number of hydrogen-bond donors (Lipinski definition) is 1. The molecular weight excluding hydrogens is 296 g/mol. The first-order chi connectivity index (χ1) is 9.97. The number of fused-ring (bicyclic) bond motifs is 1. The van der Waals surface area contributed by atoms with Crippen LogP contribution in [0.25, 0.3) is 0 Å². The summed E-state index contributed by atoms with van der Waals surface area (Å²) in [5.41, 5.74) is 0.821. The monoisotopic (exact) mass is 308 g/mol. The maximum Gasteiger partial charge on any atom is 0.295 e. The van der Waals surface area contributed by atoms with E-state index in [1.807, 2.05) is 0 Å². The van der Waals surface area contributed by atoms with Gasteiger partial charge in [0.25, 0.3) is 15.9 Å². The number of hydrogen-bond acceptors (Lipinski definition) is 5. The molecule has 0 aliphatic carbocycles. The molecule has 1 aromatic heterocycles. The smallest absolute Gasteiger partial charge is 0.295 e. The summed E-state index contributed by atoms with van der Waals surface area (Å²) < 4.78 is 36.7. The summed E-state index contributed by atoms with van der Waals surface area (Å²) >= 11 is 0. The van der Waals surface area contributed by atoms with E-state index in [9.17, 15) is 13.2 Å². The molecule has 2 aromatic rings. The van der Waals surface area contributed by atoms with Crippen molar-refractivity contribution < 1.29 is 22.4 Å². The molecular formula is C13H12N2O5S. The lowest BCUT2D eigenvalue weighted by Gasteiger charge is -2.26. The highest BCUT2D eigenvalue weighted by molar-refractivity contribution is 7.92. The molecule has 0 atom stereocenters. The molecule has 7 nitrogen and oxygen atoms in total. The summed E-state index contributed by atoms with van der Waals surface area (Å²) in [6.07, 6.45) is 1.28. The van der Waals surface area contributed by atoms with Crippen molar-refractivity contribution in [2.75, 3.05) is 23.3 Å². The van der Waals surface area contributed by atoms with Gasteiger partial charge >= 0.3 is 0 Å². The molecule has 1 aliphatic heterocycles. The molecule has 0 bridgehead atoms. The second kappa shape index (κ2) is 4.81. The summed E-state index contributed by atoms with van der Waals surface area (Å²) in [6, 6.07) is 7.54. The average Bonchev–Trinajstić information content (AvgIpc) is 2.98. The Balaban J connectivity index is 1.93. The van der Waals surface area contributed by atoms with Crippen LogP contribution >= 0.6 is 0 Å². The highest BCUT2D eigenvalue weighted by Gasteiger charge is 2.24. The Hall–Kier alpha value is -2.48. The first kappa shape index (κ1) is 13.5. The number of carbonyl (C=O) groups is 1. The van der Waals surface area contributed by atoms with Gasteiger partial charge in [-0.05, 0) is 30.3 Å². The molecule has 21 heavy (non-hydrogen) atoms. The number of likely N-dealkylation sites (N-methyl/N-ethyl adjacent to an activating group) is 1. The Morgan fingerprint density at radius 3 is 2.81 bits per heavy atom. The van der Waals surface area contributed by atoms with Gasteiger partial charge in [0.1, 0.15) is 5.75 Å². The fourth-order valence-electron chi connectivity index (χ4n) is 1.96. The van der Waals surface area contributed by atoms with E-state index < -0.39 is 10.0 Å². The Morgan fingerprint density at radius 2 is 2.10 bits per heavy atom. The van der Waals surface area contributed by atoms with Crippen LogP contribution in [-0.4, -0.2) is 28.0 Å². The number of carbonyl (C=O) groups excluding carboxylic acids is 1. The van der Waals surface area contributed by atoms with Gasteiger partial charge in [-0.15, -0.1) is 0 Å². The minimum Gasteiger partial charge on any atom is -0.482 e. The normalized spacial score (nSPS) is 14.5. The molecule has 1 aromatic carbocycles. The maximum absolute atomic E-state index is 12.1. The van der Waals surface area contributed by atoms with E-state index in [2.05, 4.69) is 4.72 Å². The topological polar surface area (TPSA) is 88.9 Å². The number of nitrogens with zero attached hydrogens (tertiary/aromatic N) is 1.